The summed E-state index contributed by atoms with van der Waals surface area (Å²) >= 11 is 0. The van der Waals surface area contributed by atoms with Crippen molar-refractivity contribution in [3.63, 3.8) is 0 Å². The summed E-state index contributed by atoms with van der Waals surface area (Å²) in [5.41, 5.74) is 2.22. The van der Waals surface area contributed by atoms with Crippen LogP contribution in [0.4, 0.5) is 0 Å². The molecular formula is C25H45NO2Si. The molecule has 0 radical (unpaired) electrons. The molecule has 3 unspecified atom stereocenters. The molecule has 3 nitrogen and oxygen atoms in total. The molecule has 0 heterocycles. The maximum absolute atomic E-state index is 6.94. The van der Waals surface area contributed by atoms with Gasteiger partial charge in [-0.1, -0.05) is 25.9 Å². The van der Waals surface area contributed by atoms with E-state index in [4.69, 9.17) is 9.26 Å². The molecule has 166 valence electrons. The monoisotopic (exact) mass is 419 g/mol. The van der Waals surface area contributed by atoms with Gasteiger partial charge in [-0.25, -0.2) is 0 Å². The van der Waals surface area contributed by atoms with Crippen LogP contribution in [-0.4, -0.2) is 26.7 Å². The Labute approximate surface area is 180 Å². The van der Waals surface area contributed by atoms with E-state index in [0.29, 0.717) is 16.7 Å². The van der Waals surface area contributed by atoms with E-state index in [1.165, 1.54) is 44.2 Å². The lowest BCUT2D eigenvalue weighted by atomic mass is 9.42. The summed E-state index contributed by atoms with van der Waals surface area (Å²) in [5.74, 6) is 4.12. The second-order valence-corrected chi connectivity index (χ2v) is 17.0. The summed E-state index contributed by atoms with van der Waals surface area (Å²) in [6, 6.07) is 0. The fourth-order valence-corrected chi connectivity index (χ4v) is 10.5. The van der Waals surface area contributed by atoms with Crippen LogP contribution in [0.3, 0.4) is 0 Å². The van der Waals surface area contributed by atoms with E-state index in [1.54, 1.807) is 7.11 Å². The second-order valence-electron chi connectivity index (χ2n) is 12.6. The lowest BCUT2D eigenvalue weighted by Crippen LogP contribution is -2.59. The van der Waals surface area contributed by atoms with E-state index in [0.717, 1.165) is 36.5 Å². The quantitative estimate of drug-likeness (QED) is 0.368. The van der Waals surface area contributed by atoms with Crippen LogP contribution >= 0.6 is 0 Å². The van der Waals surface area contributed by atoms with E-state index in [2.05, 4.69) is 52.5 Å². The van der Waals surface area contributed by atoms with Crippen LogP contribution in [0.25, 0.3) is 0 Å². The van der Waals surface area contributed by atoms with Gasteiger partial charge in [0.1, 0.15) is 7.11 Å². The summed E-state index contributed by atoms with van der Waals surface area (Å²) in [6.07, 6.45) is 10.5. The van der Waals surface area contributed by atoms with E-state index in [1.807, 2.05) is 0 Å². The molecule has 0 bridgehead atoms. The molecule has 4 aliphatic carbocycles. The van der Waals surface area contributed by atoms with Gasteiger partial charge >= 0.3 is 0 Å². The second kappa shape index (κ2) is 7.08. The molecule has 29 heavy (non-hydrogen) atoms. The largest absolute Gasteiger partial charge is 0.412 e. The zero-order valence-corrected chi connectivity index (χ0v) is 21.3. The van der Waals surface area contributed by atoms with Crippen molar-refractivity contribution >= 4 is 14.0 Å². The van der Waals surface area contributed by atoms with E-state index < -0.39 is 8.32 Å². The van der Waals surface area contributed by atoms with Gasteiger partial charge < -0.3 is 9.26 Å². The first-order chi connectivity index (χ1) is 13.4. The number of nitrogens with zero attached hydrogens (tertiary/aromatic N) is 1. The fraction of sp³-hybridized carbons (Fsp3) is 0.960. The van der Waals surface area contributed by atoms with Crippen LogP contribution in [0.15, 0.2) is 5.16 Å². The van der Waals surface area contributed by atoms with Crippen LogP contribution in [0, 0.1) is 40.4 Å². The zero-order valence-electron chi connectivity index (χ0n) is 20.3. The zero-order chi connectivity index (χ0) is 21.2. The number of rotatable bonds is 3. The molecule has 0 aromatic rings. The third-order valence-corrected chi connectivity index (χ3v) is 11.4. The lowest BCUT2D eigenvalue weighted by Gasteiger charge is -2.63. The topological polar surface area (TPSA) is 30.8 Å². The highest BCUT2D eigenvalue weighted by atomic mass is 28.4. The molecule has 0 N–H and O–H groups in total. The number of hydrogen-bond donors (Lipinski definition) is 0. The number of oxime groups is 1. The van der Waals surface area contributed by atoms with Crippen molar-refractivity contribution in [1.29, 1.82) is 0 Å². The Bertz CT molecular complexity index is 672. The van der Waals surface area contributed by atoms with Gasteiger partial charge in [-0.15, -0.1) is 0 Å². The van der Waals surface area contributed by atoms with Gasteiger partial charge in [0.25, 0.3) is 0 Å². The average molecular weight is 420 g/mol. The summed E-state index contributed by atoms with van der Waals surface area (Å²) < 4.78 is 6.94. The maximum atomic E-state index is 6.94. The molecular weight excluding hydrogens is 374 g/mol. The highest BCUT2D eigenvalue weighted by molar-refractivity contribution is 6.69. The summed E-state index contributed by atoms with van der Waals surface area (Å²) in [6.45, 7) is 17.3. The molecule has 0 saturated heterocycles. The Morgan fingerprint density at radius 1 is 0.931 bits per heavy atom. The van der Waals surface area contributed by atoms with Crippen molar-refractivity contribution in [2.45, 2.75) is 104 Å². The number of hydrogen-bond acceptors (Lipinski definition) is 3. The van der Waals surface area contributed by atoms with Crippen molar-refractivity contribution in [2.24, 2.45) is 45.6 Å². The third kappa shape index (κ3) is 3.26. The average Bonchev–Trinajstić information content (AvgIpc) is 2.86. The van der Waals surface area contributed by atoms with Gasteiger partial charge in [-0.3, -0.25) is 0 Å². The molecule has 4 saturated carbocycles. The summed E-state index contributed by atoms with van der Waals surface area (Å²) in [5, 5.41) is 4.38. The molecule has 0 aromatic carbocycles. The summed E-state index contributed by atoms with van der Waals surface area (Å²) in [7, 11) is 0.142. The standard InChI is InChI=1S/C25H45NO2Si/c1-17-15-19(26-27-5)16-18-9-10-20-21-12-14-24(3,28-29(6,7)8)23(21,2)13-11-22(20)25(17,18)4/h17-18,20-22H,9-16H2,1-8H3/b26-19-/t17?,18?,20-,21-,22-,23-,24?,25-/m0/s1. The van der Waals surface area contributed by atoms with Crippen molar-refractivity contribution in [1.82, 2.24) is 0 Å². The van der Waals surface area contributed by atoms with Crippen molar-refractivity contribution in [3.05, 3.63) is 0 Å². The van der Waals surface area contributed by atoms with Crippen LogP contribution in [-0.2, 0) is 9.26 Å². The van der Waals surface area contributed by atoms with E-state index in [-0.39, 0.29) is 5.60 Å². The first-order valence-corrected chi connectivity index (χ1v) is 15.6. The van der Waals surface area contributed by atoms with Crippen LogP contribution < -0.4 is 0 Å². The highest BCUT2D eigenvalue weighted by Crippen LogP contribution is 2.69. The molecule has 0 spiro atoms. The SMILES string of the molecule is CO/N=C1/CC(C)[C@@]2(C)C(CC[C@@H]3[C@@H]2CC[C@@]2(C)[C@H]3CCC2(C)O[Si](C)(C)C)C1. The van der Waals surface area contributed by atoms with E-state index in [9.17, 15) is 0 Å². The predicted octanol–water partition coefficient (Wildman–Crippen LogP) is 6.89. The molecule has 4 fully saturated rings. The Morgan fingerprint density at radius 3 is 2.28 bits per heavy atom. The molecule has 0 aromatic heterocycles. The van der Waals surface area contributed by atoms with Gasteiger partial charge in [0.05, 0.1) is 11.3 Å². The molecule has 0 aliphatic heterocycles. The Kier molecular flexibility index (Phi) is 5.34. The van der Waals surface area contributed by atoms with Gasteiger partial charge in [0.2, 0.25) is 0 Å². The Balaban J connectivity index is 1.61. The smallest absolute Gasteiger partial charge is 0.184 e. The first kappa shape index (κ1) is 21.9. The molecule has 4 heteroatoms. The van der Waals surface area contributed by atoms with E-state index >= 15 is 0 Å². The third-order valence-electron chi connectivity index (χ3n) is 10.3. The lowest BCUT2D eigenvalue weighted by molar-refractivity contribution is -0.147. The van der Waals surface area contributed by atoms with Gasteiger partial charge in [0.15, 0.2) is 8.32 Å². The Hall–Kier alpha value is -0.353. The summed E-state index contributed by atoms with van der Waals surface area (Å²) in [4.78, 5) is 5.16. The fourth-order valence-electron chi connectivity index (χ4n) is 8.77. The molecule has 0 amide bonds. The van der Waals surface area contributed by atoms with Gasteiger partial charge in [-0.05, 0) is 118 Å². The number of fused-ring (bicyclic) bond motifs is 5. The van der Waals surface area contributed by atoms with Crippen molar-refractivity contribution in [3.8, 4) is 0 Å². The van der Waals surface area contributed by atoms with Crippen LogP contribution in [0.5, 0.6) is 0 Å². The molecule has 4 aliphatic rings. The first-order valence-electron chi connectivity index (χ1n) is 12.2. The highest BCUT2D eigenvalue weighted by Gasteiger charge is 2.65. The molecule has 8 atom stereocenters. The maximum Gasteiger partial charge on any atom is 0.184 e. The van der Waals surface area contributed by atoms with Gasteiger partial charge in [0, 0.05) is 0 Å². The van der Waals surface area contributed by atoms with Crippen LogP contribution in [0.1, 0.15) is 79.1 Å². The minimum Gasteiger partial charge on any atom is -0.412 e. The van der Waals surface area contributed by atoms with Crippen molar-refractivity contribution < 1.29 is 9.26 Å². The minimum atomic E-state index is -1.56. The normalized spacial score (nSPS) is 51.3. The van der Waals surface area contributed by atoms with Crippen LogP contribution in [0.2, 0.25) is 19.6 Å². The Morgan fingerprint density at radius 2 is 1.62 bits per heavy atom. The molecule has 4 rings (SSSR count). The van der Waals surface area contributed by atoms with Crippen molar-refractivity contribution in [2.75, 3.05) is 7.11 Å². The van der Waals surface area contributed by atoms with Gasteiger partial charge in [-0.2, -0.15) is 0 Å². The minimum absolute atomic E-state index is 0.0847. The predicted molar refractivity (Wildman–Crippen MR) is 124 cm³/mol.